The van der Waals surface area contributed by atoms with Gasteiger partial charge in [0.1, 0.15) is 5.69 Å². The van der Waals surface area contributed by atoms with E-state index >= 15 is 0 Å². The Morgan fingerprint density at radius 1 is 1.24 bits per heavy atom. The number of furan rings is 1. The van der Waals surface area contributed by atoms with Crippen LogP contribution in [0.25, 0.3) is 11.6 Å². The number of para-hydroxylation sites is 2. The lowest BCUT2D eigenvalue weighted by molar-refractivity contribution is -0.383. The Bertz CT molecular complexity index is 1030. The number of nitrogens with one attached hydrogen (secondary N) is 1. The van der Waals surface area contributed by atoms with Gasteiger partial charge in [0.05, 0.1) is 16.9 Å². The van der Waals surface area contributed by atoms with E-state index in [2.05, 4.69) is 15.5 Å². The third-order valence-corrected chi connectivity index (χ3v) is 4.71. The van der Waals surface area contributed by atoms with Gasteiger partial charge in [-0.05, 0) is 18.2 Å². The zero-order valence-electron chi connectivity index (χ0n) is 15.0. The van der Waals surface area contributed by atoms with Crippen LogP contribution in [0.3, 0.4) is 0 Å². The van der Waals surface area contributed by atoms with Crippen molar-refractivity contribution in [2.75, 3.05) is 11.1 Å². The van der Waals surface area contributed by atoms with Gasteiger partial charge in [-0.2, -0.15) is 0 Å². The third kappa shape index (κ3) is 4.99. The monoisotopic (exact) mass is 416 g/mol. The number of aromatic nitrogens is 3. The van der Waals surface area contributed by atoms with Gasteiger partial charge in [-0.15, -0.1) is 10.2 Å². The minimum atomic E-state index is -0.571. The number of hydrogen-bond donors (Lipinski definition) is 2. The Hall–Kier alpha value is -3.67. The summed E-state index contributed by atoms with van der Waals surface area (Å²) in [6, 6.07) is 9.24. The number of nitro benzene ring substituents is 1. The Kier molecular flexibility index (Phi) is 6.24. The summed E-state index contributed by atoms with van der Waals surface area (Å²) in [5.41, 5.74) is 5.14. The number of carbonyl (C=O) groups is 2. The molecule has 0 bridgehead atoms. The first kappa shape index (κ1) is 20.1. The Balaban J connectivity index is 1.72. The van der Waals surface area contributed by atoms with Crippen molar-refractivity contribution in [1.29, 1.82) is 0 Å². The summed E-state index contributed by atoms with van der Waals surface area (Å²) >= 11 is 1.07. The average Bonchev–Trinajstić information content (AvgIpc) is 3.34. The van der Waals surface area contributed by atoms with Gasteiger partial charge >= 0.3 is 0 Å². The summed E-state index contributed by atoms with van der Waals surface area (Å²) in [6.07, 6.45) is 1.54. The lowest BCUT2D eigenvalue weighted by Gasteiger charge is -2.08. The second-order valence-electron chi connectivity index (χ2n) is 5.76. The molecule has 0 radical (unpaired) electrons. The number of hydrogen-bond acceptors (Lipinski definition) is 8. The number of thioether (sulfide) groups is 1. The SMILES string of the molecule is NC(=O)CCn1c(SCC(=O)Nc2ccccc2[N+](=O)[O-])nnc1-c1ccco1. The molecule has 0 aliphatic heterocycles. The number of nitro groups is 1. The molecule has 0 aliphatic rings. The molecular weight excluding hydrogens is 400 g/mol. The predicted molar refractivity (Wildman–Crippen MR) is 104 cm³/mol. The summed E-state index contributed by atoms with van der Waals surface area (Å²) in [7, 11) is 0. The highest BCUT2D eigenvalue weighted by molar-refractivity contribution is 7.99. The molecule has 12 heteroatoms. The van der Waals surface area contributed by atoms with Crippen molar-refractivity contribution in [3.8, 4) is 11.6 Å². The number of amides is 2. The Labute approximate surface area is 168 Å². The molecule has 0 unspecified atom stereocenters. The van der Waals surface area contributed by atoms with Crippen LogP contribution in [0.2, 0.25) is 0 Å². The maximum atomic E-state index is 12.3. The van der Waals surface area contributed by atoms with E-state index in [-0.39, 0.29) is 30.1 Å². The molecule has 0 aliphatic carbocycles. The predicted octanol–water partition coefficient (Wildman–Crippen LogP) is 2.05. The van der Waals surface area contributed by atoms with Gasteiger partial charge in [0.2, 0.25) is 11.8 Å². The van der Waals surface area contributed by atoms with E-state index in [1.165, 1.54) is 24.5 Å². The van der Waals surface area contributed by atoms with Gasteiger partial charge in [-0.25, -0.2) is 0 Å². The number of nitrogens with zero attached hydrogens (tertiary/aromatic N) is 4. The molecule has 3 aromatic rings. The van der Waals surface area contributed by atoms with Gasteiger partial charge in [-0.3, -0.25) is 24.3 Å². The van der Waals surface area contributed by atoms with Crippen molar-refractivity contribution in [2.45, 2.75) is 18.1 Å². The van der Waals surface area contributed by atoms with E-state index in [4.69, 9.17) is 10.2 Å². The highest BCUT2D eigenvalue weighted by Crippen LogP contribution is 2.26. The molecule has 1 aromatic carbocycles. The second-order valence-corrected chi connectivity index (χ2v) is 6.71. The normalized spacial score (nSPS) is 10.6. The highest BCUT2D eigenvalue weighted by Gasteiger charge is 2.19. The van der Waals surface area contributed by atoms with E-state index in [0.29, 0.717) is 16.7 Å². The Morgan fingerprint density at radius 3 is 2.72 bits per heavy atom. The summed E-state index contributed by atoms with van der Waals surface area (Å²) in [5.74, 6) is -0.155. The van der Waals surface area contributed by atoms with E-state index in [1.54, 1.807) is 22.8 Å². The van der Waals surface area contributed by atoms with Crippen molar-refractivity contribution >= 4 is 35.0 Å². The smallest absolute Gasteiger partial charge is 0.292 e. The van der Waals surface area contributed by atoms with Crippen LogP contribution in [-0.4, -0.2) is 37.3 Å². The third-order valence-electron chi connectivity index (χ3n) is 3.75. The van der Waals surface area contributed by atoms with Crippen LogP contribution >= 0.6 is 11.8 Å². The number of primary amides is 1. The molecule has 150 valence electrons. The van der Waals surface area contributed by atoms with E-state index < -0.39 is 16.7 Å². The van der Waals surface area contributed by atoms with Gasteiger partial charge in [0, 0.05) is 19.0 Å². The maximum absolute atomic E-state index is 12.3. The summed E-state index contributed by atoms with van der Waals surface area (Å²) in [5, 5.41) is 22.1. The summed E-state index contributed by atoms with van der Waals surface area (Å²) in [4.78, 5) is 33.9. The average molecular weight is 416 g/mol. The van der Waals surface area contributed by atoms with Gasteiger partial charge in [-0.1, -0.05) is 23.9 Å². The quantitative estimate of drug-likeness (QED) is 0.304. The van der Waals surface area contributed by atoms with Crippen LogP contribution in [0.1, 0.15) is 6.42 Å². The molecule has 0 spiro atoms. The lowest BCUT2D eigenvalue weighted by Crippen LogP contribution is -2.17. The van der Waals surface area contributed by atoms with Crippen LogP contribution in [0.4, 0.5) is 11.4 Å². The molecule has 11 nitrogen and oxygen atoms in total. The van der Waals surface area contributed by atoms with Crippen LogP contribution in [0.5, 0.6) is 0 Å². The molecule has 29 heavy (non-hydrogen) atoms. The first-order valence-electron chi connectivity index (χ1n) is 8.37. The van der Waals surface area contributed by atoms with Crippen LogP contribution in [-0.2, 0) is 16.1 Å². The molecule has 2 amide bonds. The topological polar surface area (TPSA) is 159 Å². The number of nitrogens with two attached hydrogens (primary N) is 1. The fourth-order valence-corrected chi connectivity index (χ4v) is 3.23. The molecule has 0 saturated carbocycles. The zero-order valence-corrected chi connectivity index (χ0v) is 15.8. The van der Waals surface area contributed by atoms with Crippen molar-refractivity contribution in [3.63, 3.8) is 0 Å². The van der Waals surface area contributed by atoms with Crippen LogP contribution in [0.15, 0.2) is 52.2 Å². The molecule has 0 fully saturated rings. The highest BCUT2D eigenvalue weighted by atomic mass is 32.2. The molecular formula is C17H16N6O5S. The number of rotatable bonds is 9. The van der Waals surface area contributed by atoms with Crippen molar-refractivity contribution < 1.29 is 18.9 Å². The first-order valence-corrected chi connectivity index (χ1v) is 9.35. The Morgan fingerprint density at radius 2 is 2.03 bits per heavy atom. The minimum Gasteiger partial charge on any atom is -0.461 e. The number of anilines is 1. The van der Waals surface area contributed by atoms with Gasteiger partial charge in [0.25, 0.3) is 5.69 Å². The fraction of sp³-hybridized carbons (Fsp3) is 0.176. The minimum absolute atomic E-state index is 0.0573. The van der Waals surface area contributed by atoms with Crippen molar-refractivity contribution in [3.05, 3.63) is 52.8 Å². The van der Waals surface area contributed by atoms with Crippen LogP contribution < -0.4 is 11.1 Å². The van der Waals surface area contributed by atoms with E-state index in [0.717, 1.165) is 11.8 Å². The summed E-state index contributed by atoms with van der Waals surface area (Å²) in [6.45, 7) is 0.215. The maximum Gasteiger partial charge on any atom is 0.292 e. The fourth-order valence-electron chi connectivity index (χ4n) is 2.46. The van der Waals surface area contributed by atoms with Gasteiger partial charge < -0.3 is 15.5 Å². The lowest BCUT2D eigenvalue weighted by atomic mass is 10.2. The standard InChI is InChI=1S/C17H16N6O5S/c18-14(24)7-8-22-16(13-6-3-9-28-13)20-21-17(22)29-10-15(25)19-11-4-1-2-5-12(11)23(26)27/h1-6,9H,7-8,10H2,(H2,18,24)(H,19,25). The van der Waals surface area contributed by atoms with Crippen LogP contribution in [0, 0.1) is 10.1 Å². The first-order chi connectivity index (χ1) is 14.0. The summed E-state index contributed by atoms with van der Waals surface area (Å²) < 4.78 is 6.96. The molecule has 2 aromatic heterocycles. The number of carbonyl (C=O) groups excluding carboxylic acids is 2. The van der Waals surface area contributed by atoms with E-state index in [1.807, 2.05) is 0 Å². The van der Waals surface area contributed by atoms with E-state index in [9.17, 15) is 19.7 Å². The van der Waals surface area contributed by atoms with Gasteiger partial charge in [0.15, 0.2) is 16.7 Å². The molecule has 3 rings (SSSR count). The second kappa shape index (κ2) is 9.01. The number of benzene rings is 1. The molecule has 0 atom stereocenters. The van der Waals surface area contributed by atoms with Crippen molar-refractivity contribution in [2.24, 2.45) is 5.73 Å². The van der Waals surface area contributed by atoms with Crippen molar-refractivity contribution in [1.82, 2.24) is 14.8 Å². The zero-order chi connectivity index (χ0) is 20.8. The molecule has 2 heterocycles. The molecule has 0 saturated heterocycles. The largest absolute Gasteiger partial charge is 0.461 e. The molecule has 3 N–H and O–H groups in total.